The number of hydrogen-bond donors (Lipinski definition) is 2. The molecule has 1 aliphatic heterocycles. The molecule has 0 aliphatic carbocycles. The Balaban J connectivity index is 1.40. The minimum atomic E-state index is -0.191. The average molecular weight is 510 g/mol. The molecular formula is C31H35N5O2. The second kappa shape index (κ2) is 11.2. The van der Waals surface area contributed by atoms with Crippen molar-refractivity contribution in [2.75, 3.05) is 18.4 Å². The Labute approximate surface area is 224 Å². The van der Waals surface area contributed by atoms with Gasteiger partial charge in [0.25, 0.3) is 5.91 Å². The minimum absolute atomic E-state index is 0.191. The molecule has 0 unspecified atom stereocenters. The van der Waals surface area contributed by atoms with Crippen LogP contribution in [0, 0.1) is 20.8 Å². The van der Waals surface area contributed by atoms with E-state index in [1.165, 1.54) is 0 Å². The van der Waals surface area contributed by atoms with Crippen molar-refractivity contribution in [3.8, 4) is 17.2 Å². The van der Waals surface area contributed by atoms with E-state index in [0.29, 0.717) is 11.3 Å². The maximum atomic E-state index is 13.4. The molecule has 1 fully saturated rings. The lowest BCUT2D eigenvalue weighted by Gasteiger charge is -2.30. The van der Waals surface area contributed by atoms with Gasteiger partial charge in [0.05, 0.1) is 12.0 Å². The zero-order valence-corrected chi connectivity index (χ0v) is 22.3. The van der Waals surface area contributed by atoms with Crippen molar-refractivity contribution in [3.63, 3.8) is 0 Å². The SMILES string of the molecule is Cc1cccc(Oc2cc(C(=O)Nc3cc(CN4CCC[C@H](N)C4)cc(-n4cnc(C)c4)c3)ccc2C)c1. The van der Waals surface area contributed by atoms with Gasteiger partial charge in [0.1, 0.15) is 11.5 Å². The van der Waals surface area contributed by atoms with Gasteiger partial charge in [-0.15, -0.1) is 0 Å². The van der Waals surface area contributed by atoms with Gasteiger partial charge in [-0.3, -0.25) is 9.69 Å². The van der Waals surface area contributed by atoms with Gasteiger partial charge in [-0.2, -0.15) is 0 Å². The molecule has 7 nitrogen and oxygen atoms in total. The summed E-state index contributed by atoms with van der Waals surface area (Å²) in [7, 11) is 0. The van der Waals surface area contributed by atoms with Crippen LogP contribution in [0.4, 0.5) is 5.69 Å². The second-order valence-electron chi connectivity index (χ2n) is 10.3. The number of piperidine rings is 1. The number of amides is 1. The summed E-state index contributed by atoms with van der Waals surface area (Å²) in [6, 6.07) is 19.8. The van der Waals surface area contributed by atoms with Crippen LogP contribution < -0.4 is 15.8 Å². The van der Waals surface area contributed by atoms with Gasteiger partial charge in [0.15, 0.2) is 0 Å². The average Bonchev–Trinajstić information content (AvgIpc) is 3.31. The van der Waals surface area contributed by atoms with E-state index in [1.54, 1.807) is 12.4 Å². The quantitative estimate of drug-likeness (QED) is 0.331. The van der Waals surface area contributed by atoms with Crippen LogP contribution in [0.2, 0.25) is 0 Å². The topological polar surface area (TPSA) is 85.4 Å². The third kappa shape index (κ3) is 6.30. The van der Waals surface area contributed by atoms with Crippen molar-refractivity contribution in [2.24, 2.45) is 5.73 Å². The molecule has 1 aliphatic rings. The molecule has 3 N–H and O–H groups in total. The van der Waals surface area contributed by atoms with E-state index < -0.39 is 0 Å². The number of benzene rings is 3. The highest BCUT2D eigenvalue weighted by Gasteiger charge is 2.18. The largest absolute Gasteiger partial charge is 0.457 e. The summed E-state index contributed by atoms with van der Waals surface area (Å²) in [5, 5.41) is 3.11. The molecule has 7 heteroatoms. The highest BCUT2D eigenvalue weighted by molar-refractivity contribution is 6.04. The van der Waals surface area contributed by atoms with Crippen LogP contribution in [0.5, 0.6) is 11.5 Å². The van der Waals surface area contributed by atoms with Crippen LogP contribution in [-0.2, 0) is 6.54 Å². The smallest absolute Gasteiger partial charge is 0.255 e. The molecule has 1 aromatic heterocycles. The number of rotatable bonds is 7. The van der Waals surface area contributed by atoms with Crippen LogP contribution in [0.15, 0.2) is 73.2 Å². The summed E-state index contributed by atoms with van der Waals surface area (Å²) in [6.45, 7) is 8.64. The molecule has 5 rings (SSSR count). The van der Waals surface area contributed by atoms with Crippen molar-refractivity contribution in [2.45, 2.75) is 46.2 Å². The molecule has 0 saturated carbocycles. The summed E-state index contributed by atoms with van der Waals surface area (Å²) in [4.78, 5) is 20.1. The first-order chi connectivity index (χ1) is 18.3. The number of nitrogens with one attached hydrogen (secondary N) is 1. The number of anilines is 1. The molecule has 1 amide bonds. The maximum Gasteiger partial charge on any atom is 0.255 e. The Hall–Kier alpha value is -3.94. The Morgan fingerprint density at radius 2 is 1.97 bits per heavy atom. The van der Waals surface area contributed by atoms with Crippen molar-refractivity contribution in [3.05, 3.63) is 101 Å². The Morgan fingerprint density at radius 3 is 2.74 bits per heavy atom. The van der Waals surface area contributed by atoms with Crippen molar-refractivity contribution < 1.29 is 9.53 Å². The molecule has 1 saturated heterocycles. The predicted molar refractivity (Wildman–Crippen MR) is 151 cm³/mol. The number of likely N-dealkylation sites (tertiary alicyclic amines) is 1. The molecule has 196 valence electrons. The first-order valence-electron chi connectivity index (χ1n) is 13.1. The molecule has 0 radical (unpaired) electrons. The van der Waals surface area contributed by atoms with Gasteiger partial charge in [0, 0.05) is 42.3 Å². The summed E-state index contributed by atoms with van der Waals surface area (Å²) in [5.74, 6) is 1.22. The van der Waals surface area contributed by atoms with Gasteiger partial charge >= 0.3 is 0 Å². The summed E-state index contributed by atoms with van der Waals surface area (Å²) >= 11 is 0. The lowest BCUT2D eigenvalue weighted by molar-refractivity contribution is 0.102. The molecule has 0 spiro atoms. The van der Waals surface area contributed by atoms with Crippen LogP contribution >= 0.6 is 0 Å². The van der Waals surface area contributed by atoms with E-state index in [4.69, 9.17) is 10.5 Å². The van der Waals surface area contributed by atoms with Crippen LogP contribution in [-0.4, -0.2) is 39.5 Å². The fourth-order valence-corrected chi connectivity index (χ4v) is 4.90. The minimum Gasteiger partial charge on any atom is -0.457 e. The number of carbonyl (C=O) groups excluding carboxylic acids is 1. The fourth-order valence-electron chi connectivity index (χ4n) is 4.90. The van der Waals surface area contributed by atoms with Gasteiger partial charge < -0.3 is 20.4 Å². The van der Waals surface area contributed by atoms with E-state index in [9.17, 15) is 4.79 Å². The summed E-state index contributed by atoms with van der Waals surface area (Å²) in [6.07, 6.45) is 5.95. The maximum absolute atomic E-state index is 13.4. The third-order valence-electron chi connectivity index (χ3n) is 6.86. The molecule has 0 bridgehead atoms. The molecule has 1 atom stereocenters. The van der Waals surface area contributed by atoms with Gasteiger partial charge in [-0.25, -0.2) is 4.98 Å². The monoisotopic (exact) mass is 509 g/mol. The number of aromatic nitrogens is 2. The number of nitrogens with two attached hydrogens (primary N) is 1. The zero-order valence-electron chi connectivity index (χ0n) is 22.3. The molecule has 2 heterocycles. The molecule has 3 aromatic carbocycles. The van der Waals surface area contributed by atoms with Gasteiger partial charge in [0.2, 0.25) is 0 Å². The highest BCUT2D eigenvalue weighted by atomic mass is 16.5. The standard InChI is InChI=1S/C31H35N5O2/c1-21-6-4-8-29(12-21)38-30-15-25(10-9-22(30)2)31(37)34-27-13-24(18-35-11-5-7-26(32)19-35)14-28(16-27)36-17-23(3)33-20-36/h4,6,8-10,12-17,20,26H,5,7,11,18-19,32H2,1-3H3,(H,34,37)/t26-/m0/s1. The predicted octanol–water partition coefficient (Wildman–Crippen LogP) is 5.77. The zero-order chi connectivity index (χ0) is 26.6. The molecule has 38 heavy (non-hydrogen) atoms. The van der Waals surface area contributed by atoms with Crippen molar-refractivity contribution in [1.29, 1.82) is 0 Å². The van der Waals surface area contributed by atoms with Crippen molar-refractivity contribution in [1.82, 2.24) is 14.5 Å². The first-order valence-corrected chi connectivity index (χ1v) is 13.1. The Kier molecular flexibility index (Phi) is 7.58. The highest BCUT2D eigenvalue weighted by Crippen LogP contribution is 2.28. The van der Waals surface area contributed by atoms with E-state index >= 15 is 0 Å². The number of ether oxygens (including phenoxy) is 1. The fraction of sp³-hybridized carbons (Fsp3) is 0.290. The number of imidazole rings is 1. The van der Waals surface area contributed by atoms with Crippen molar-refractivity contribution >= 4 is 11.6 Å². The number of aryl methyl sites for hydroxylation is 3. The van der Waals surface area contributed by atoms with Crippen LogP contribution in [0.25, 0.3) is 5.69 Å². The lowest BCUT2D eigenvalue weighted by Crippen LogP contribution is -2.42. The number of carbonyl (C=O) groups is 1. The third-order valence-corrected chi connectivity index (χ3v) is 6.86. The van der Waals surface area contributed by atoms with Crippen LogP contribution in [0.1, 0.15) is 45.6 Å². The van der Waals surface area contributed by atoms with E-state index in [1.807, 2.05) is 80.1 Å². The summed E-state index contributed by atoms with van der Waals surface area (Å²) < 4.78 is 8.10. The van der Waals surface area contributed by atoms with Crippen LogP contribution in [0.3, 0.4) is 0 Å². The lowest BCUT2D eigenvalue weighted by atomic mass is 10.0. The normalized spacial score (nSPS) is 15.8. The number of hydrogen-bond acceptors (Lipinski definition) is 5. The van der Waals surface area contributed by atoms with E-state index in [0.717, 1.165) is 72.0 Å². The van der Waals surface area contributed by atoms with Gasteiger partial charge in [-0.1, -0.05) is 18.2 Å². The van der Waals surface area contributed by atoms with E-state index in [2.05, 4.69) is 21.3 Å². The van der Waals surface area contributed by atoms with Gasteiger partial charge in [-0.05, 0) is 99.3 Å². The summed E-state index contributed by atoms with van der Waals surface area (Å²) in [5.41, 5.74) is 12.6. The number of nitrogens with zero attached hydrogens (tertiary/aromatic N) is 3. The molecular weight excluding hydrogens is 474 g/mol. The molecule has 4 aromatic rings. The first kappa shape index (κ1) is 25.7. The second-order valence-corrected chi connectivity index (χ2v) is 10.3. The van der Waals surface area contributed by atoms with E-state index in [-0.39, 0.29) is 11.9 Å². The Bertz CT molecular complexity index is 1440. The Morgan fingerprint density at radius 1 is 1.11 bits per heavy atom.